The van der Waals surface area contributed by atoms with Gasteiger partial charge in [0.2, 0.25) is 0 Å². The summed E-state index contributed by atoms with van der Waals surface area (Å²) in [6.45, 7) is 6.00. The number of allylic oxidation sites excluding steroid dienone is 4. The van der Waals surface area contributed by atoms with Crippen LogP contribution >= 0.6 is 0 Å². The van der Waals surface area contributed by atoms with Gasteiger partial charge in [-0.25, -0.2) is 0 Å². The first-order valence-corrected chi connectivity index (χ1v) is 3.36. The van der Waals surface area contributed by atoms with E-state index in [4.69, 9.17) is 14.4 Å². The zero-order chi connectivity index (χ0) is 10.4. The average molecular weight is 210 g/mol. The molecule has 0 heterocycles. The van der Waals surface area contributed by atoms with E-state index in [0.29, 0.717) is 0 Å². The van der Waals surface area contributed by atoms with E-state index in [1.807, 2.05) is 26.4 Å². The maximum absolute atomic E-state index is 8.00. The van der Waals surface area contributed by atoms with Crippen LogP contribution < -0.4 is 0 Å². The second-order valence-corrected chi connectivity index (χ2v) is 2.00. The molecule has 0 spiro atoms. The third-order valence-corrected chi connectivity index (χ3v) is 1.16. The number of rotatable bonds is 0. The average Bonchev–Trinajstić information content (AvgIpc) is 2.66. The second kappa shape index (κ2) is 22.5. The van der Waals surface area contributed by atoms with Crippen LogP contribution in [0.5, 0.6) is 0 Å². The summed E-state index contributed by atoms with van der Waals surface area (Å²) in [5.74, 6) is 0. The SMILES string of the molecule is C=O.C=O.C=O.[Mn][C]1=CC=CC1. The molecule has 12 heavy (non-hydrogen) atoms. The van der Waals surface area contributed by atoms with E-state index in [1.54, 1.807) is 0 Å². The molecule has 0 saturated carbocycles. The van der Waals surface area contributed by atoms with E-state index in [0.717, 1.165) is 6.42 Å². The first kappa shape index (κ1) is 17.2. The molecule has 0 radical (unpaired) electrons. The molecule has 4 heteroatoms. The second-order valence-electron chi connectivity index (χ2n) is 1.25. The van der Waals surface area contributed by atoms with Gasteiger partial charge in [-0.2, -0.15) is 0 Å². The Kier molecular flexibility index (Phi) is 32.2. The van der Waals surface area contributed by atoms with Crippen molar-refractivity contribution in [3.63, 3.8) is 0 Å². The topological polar surface area (TPSA) is 51.2 Å². The molecular weight excluding hydrogens is 199 g/mol. The van der Waals surface area contributed by atoms with Crippen molar-refractivity contribution in [2.75, 3.05) is 0 Å². The molecule has 3 nitrogen and oxygen atoms in total. The molecule has 0 N–H and O–H groups in total. The van der Waals surface area contributed by atoms with Crippen molar-refractivity contribution in [2.24, 2.45) is 0 Å². The van der Waals surface area contributed by atoms with Crippen molar-refractivity contribution in [3.05, 3.63) is 22.7 Å². The summed E-state index contributed by atoms with van der Waals surface area (Å²) in [5.41, 5.74) is 0. The fourth-order valence-electron chi connectivity index (χ4n) is 0.421. The molecule has 0 bridgehead atoms. The zero-order valence-electron chi connectivity index (χ0n) is 6.66. The third kappa shape index (κ3) is 16.0. The van der Waals surface area contributed by atoms with Crippen LogP contribution in [0.1, 0.15) is 6.42 Å². The zero-order valence-corrected chi connectivity index (χ0v) is 7.84. The fourth-order valence-corrected chi connectivity index (χ4v) is 0.674. The Morgan fingerprint density at radius 3 is 1.58 bits per heavy atom. The third-order valence-electron chi connectivity index (χ3n) is 0.726. The number of carbonyl (C=O) groups is 3. The Morgan fingerprint density at radius 1 is 1.08 bits per heavy atom. The number of carbonyl (C=O) groups excluding carboxylic acids is 3. The van der Waals surface area contributed by atoms with Crippen LogP contribution in [0.4, 0.5) is 0 Å². The molecule has 68 valence electrons. The summed E-state index contributed by atoms with van der Waals surface area (Å²) >= 11 is 3.34. The molecular formula is C8H11MnO3. The molecule has 0 fully saturated rings. The van der Waals surface area contributed by atoms with Crippen LogP contribution in [-0.4, -0.2) is 20.4 Å². The van der Waals surface area contributed by atoms with Gasteiger partial charge in [0.25, 0.3) is 0 Å². The van der Waals surface area contributed by atoms with E-state index in [-0.39, 0.29) is 0 Å². The minimum atomic E-state index is 1.08. The van der Waals surface area contributed by atoms with Crippen molar-refractivity contribution in [1.29, 1.82) is 0 Å². The van der Waals surface area contributed by atoms with Gasteiger partial charge >= 0.3 is 45.1 Å². The van der Waals surface area contributed by atoms with Gasteiger partial charge in [-0.05, 0) is 0 Å². The Balaban J connectivity index is -0.000000117. The van der Waals surface area contributed by atoms with E-state index < -0.39 is 0 Å². The summed E-state index contributed by atoms with van der Waals surface area (Å²) in [4.78, 5) is 24.0. The Hall–Kier alpha value is -0.991. The molecule has 0 aromatic carbocycles. The first-order valence-electron chi connectivity index (χ1n) is 2.77. The Morgan fingerprint density at radius 2 is 1.50 bits per heavy atom. The molecule has 1 aliphatic rings. The van der Waals surface area contributed by atoms with Gasteiger partial charge in [0.05, 0.1) is 0 Å². The first-order chi connectivity index (χ1) is 5.89. The van der Waals surface area contributed by atoms with Gasteiger partial charge in [0.15, 0.2) is 0 Å². The molecule has 0 aromatic heterocycles. The molecule has 0 aliphatic heterocycles. The van der Waals surface area contributed by atoms with Gasteiger partial charge in [-0.1, -0.05) is 0 Å². The van der Waals surface area contributed by atoms with Gasteiger partial charge in [0.1, 0.15) is 20.4 Å². The van der Waals surface area contributed by atoms with E-state index in [2.05, 4.69) is 28.2 Å². The van der Waals surface area contributed by atoms with Crippen molar-refractivity contribution in [1.82, 2.24) is 0 Å². The van der Waals surface area contributed by atoms with E-state index >= 15 is 0 Å². The van der Waals surface area contributed by atoms with Crippen molar-refractivity contribution < 1.29 is 30.4 Å². The van der Waals surface area contributed by atoms with Gasteiger partial charge in [0, 0.05) is 0 Å². The van der Waals surface area contributed by atoms with Crippen LogP contribution in [-0.2, 0) is 30.4 Å². The number of hydrogen-bond acceptors (Lipinski definition) is 3. The molecule has 1 aliphatic carbocycles. The van der Waals surface area contributed by atoms with Crippen LogP contribution in [0.25, 0.3) is 0 Å². The standard InChI is InChI=1S/C5H5.3CH2O.Mn/c1-2-4-5-3-1;3*1-2;/h1-3H,4H2;3*1H2;. The summed E-state index contributed by atoms with van der Waals surface area (Å²) in [6.07, 6.45) is 7.30. The van der Waals surface area contributed by atoms with E-state index in [9.17, 15) is 0 Å². The molecule has 0 saturated heterocycles. The number of hydrogen-bond donors (Lipinski definition) is 0. The Labute approximate surface area is 80.3 Å². The Bertz CT molecular complexity index is 138. The monoisotopic (exact) mass is 210 g/mol. The van der Waals surface area contributed by atoms with Crippen molar-refractivity contribution in [2.45, 2.75) is 6.42 Å². The minimum absolute atomic E-state index is 1.08. The van der Waals surface area contributed by atoms with Crippen LogP contribution in [0, 0.1) is 0 Å². The van der Waals surface area contributed by atoms with Gasteiger partial charge in [-0.3, -0.25) is 0 Å². The summed E-state index contributed by atoms with van der Waals surface area (Å²) in [5, 5.41) is 0. The normalized spacial score (nSPS) is 10.2. The molecule has 0 amide bonds. The van der Waals surface area contributed by atoms with Gasteiger partial charge < -0.3 is 14.4 Å². The molecule has 0 atom stereocenters. The predicted octanol–water partition coefficient (Wildman–Crippen LogP) is 0.822. The van der Waals surface area contributed by atoms with Crippen LogP contribution in [0.3, 0.4) is 0 Å². The molecule has 0 unspecified atom stereocenters. The van der Waals surface area contributed by atoms with Crippen LogP contribution in [0.15, 0.2) is 22.7 Å². The fraction of sp³-hybridized carbons (Fsp3) is 0.125. The predicted molar refractivity (Wildman–Crippen MR) is 43.2 cm³/mol. The maximum atomic E-state index is 8.00. The summed E-state index contributed by atoms with van der Waals surface area (Å²) < 4.78 is 1.28. The summed E-state index contributed by atoms with van der Waals surface area (Å²) in [7, 11) is 0. The molecule has 1 rings (SSSR count). The van der Waals surface area contributed by atoms with Crippen molar-refractivity contribution >= 4 is 20.4 Å². The van der Waals surface area contributed by atoms with E-state index in [1.165, 1.54) is 4.47 Å². The summed E-state index contributed by atoms with van der Waals surface area (Å²) in [6, 6.07) is 0. The molecule has 0 aromatic rings. The van der Waals surface area contributed by atoms with Crippen LogP contribution in [0.2, 0.25) is 0 Å². The van der Waals surface area contributed by atoms with Gasteiger partial charge in [-0.15, -0.1) is 0 Å². The van der Waals surface area contributed by atoms with Crippen molar-refractivity contribution in [3.8, 4) is 0 Å². The quantitative estimate of drug-likeness (QED) is 0.556.